The lowest BCUT2D eigenvalue weighted by atomic mass is 9.91. The van der Waals surface area contributed by atoms with Gasteiger partial charge >= 0.3 is 0 Å². The second-order valence-corrected chi connectivity index (χ2v) is 12.7. The van der Waals surface area contributed by atoms with E-state index in [0.29, 0.717) is 42.9 Å². The lowest BCUT2D eigenvalue weighted by Gasteiger charge is -2.44. The Balaban J connectivity index is 1.56. The van der Waals surface area contributed by atoms with E-state index in [-0.39, 0.29) is 22.9 Å². The van der Waals surface area contributed by atoms with Crippen LogP contribution in [0.1, 0.15) is 46.1 Å². The highest BCUT2D eigenvalue weighted by atomic mass is 32.2. The van der Waals surface area contributed by atoms with Crippen LogP contribution in [0, 0.1) is 17.2 Å². The average Bonchev–Trinajstić information content (AvgIpc) is 2.89. The number of piperidine rings is 1. The van der Waals surface area contributed by atoms with Crippen LogP contribution in [-0.4, -0.2) is 74.9 Å². The number of likely N-dealkylation sites (tertiary alicyclic amines) is 1. The van der Waals surface area contributed by atoms with Gasteiger partial charge in [-0.15, -0.1) is 0 Å². The monoisotopic (exact) mass is 553 g/mol. The molecule has 0 bridgehead atoms. The molecule has 4 rings (SSSR count). The van der Waals surface area contributed by atoms with Gasteiger partial charge in [-0.3, -0.25) is 4.79 Å². The number of sulfonamides is 1. The molecule has 2 aromatic carbocycles. The molecule has 2 unspecified atom stereocenters. The number of hydrogen-bond donors (Lipinski definition) is 1. The smallest absolute Gasteiger partial charge is 0.243 e. The molecule has 39 heavy (non-hydrogen) atoms. The van der Waals surface area contributed by atoms with E-state index in [1.807, 2.05) is 38.1 Å². The average molecular weight is 554 g/mol. The van der Waals surface area contributed by atoms with E-state index in [2.05, 4.69) is 29.1 Å². The van der Waals surface area contributed by atoms with Gasteiger partial charge < -0.3 is 19.9 Å². The van der Waals surface area contributed by atoms with E-state index in [1.54, 1.807) is 12.1 Å². The summed E-state index contributed by atoms with van der Waals surface area (Å²) in [5, 5.41) is 12.2. The number of carbonyl (C=O) groups excluding carboxylic acids is 1. The van der Waals surface area contributed by atoms with Crippen LogP contribution in [0.5, 0.6) is 5.75 Å². The normalized spacial score (nSPS) is 24.7. The predicted molar refractivity (Wildman–Crippen MR) is 152 cm³/mol. The fraction of sp³-hybridized carbons (Fsp3) is 0.517. The van der Waals surface area contributed by atoms with Crippen molar-refractivity contribution in [1.29, 1.82) is 5.26 Å². The molecular formula is C29H39N5O4S. The minimum Gasteiger partial charge on any atom is -0.493 e. The number of nitriles is 1. The lowest BCUT2D eigenvalue weighted by molar-refractivity contribution is -0.114. The molecule has 0 saturated carbocycles. The zero-order chi connectivity index (χ0) is 28.3. The van der Waals surface area contributed by atoms with Crippen LogP contribution in [0.4, 0.5) is 11.4 Å². The Morgan fingerprint density at radius 1 is 1.13 bits per heavy atom. The molecule has 2 aliphatic heterocycles. The van der Waals surface area contributed by atoms with E-state index in [4.69, 9.17) is 4.74 Å². The Kier molecular flexibility index (Phi) is 8.84. The number of rotatable bonds is 7. The second kappa shape index (κ2) is 11.9. The minimum absolute atomic E-state index is 0.116. The number of nitrogens with zero attached hydrogens (tertiary/aromatic N) is 4. The van der Waals surface area contributed by atoms with Gasteiger partial charge in [-0.1, -0.05) is 6.07 Å². The highest BCUT2D eigenvalue weighted by molar-refractivity contribution is 7.89. The van der Waals surface area contributed by atoms with E-state index >= 15 is 0 Å². The van der Waals surface area contributed by atoms with Crippen molar-refractivity contribution in [3.05, 3.63) is 48.0 Å². The third-order valence-corrected chi connectivity index (χ3v) is 10.0. The largest absolute Gasteiger partial charge is 0.493 e. The van der Waals surface area contributed by atoms with Crippen LogP contribution in [0.3, 0.4) is 0 Å². The van der Waals surface area contributed by atoms with Crippen LogP contribution >= 0.6 is 0 Å². The van der Waals surface area contributed by atoms with Crippen molar-refractivity contribution in [3.8, 4) is 11.8 Å². The summed E-state index contributed by atoms with van der Waals surface area (Å²) in [4.78, 5) is 16.6. The van der Waals surface area contributed by atoms with E-state index in [1.165, 1.54) is 23.4 Å². The van der Waals surface area contributed by atoms with Gasteiger partial charge in [0.1, 0.15) is 5.75 Å². The van der Waals surface area contributed by atoms with Crippen molar-refractivity contribution in [1.82, 2.24) is 9.21 Å². The van der Waals surface area contributed by atoms with Gasteiger partial charge in [0.25, 0.3) is 0 Å². The summed E-state index contributed by atoms with van der Waals surface area (Å²) in [5.74, 6) is 0.988. The summed E-state index contributed by atoms with van der Waals surface area (Å²) in [5.41, 5.74) is 1.78. The molecule has 1 N–H and O–H groups in total. The number of amides is 1. The van der Waals surface area contributed by atoms with Crippen molar-refractivity contribution < 1.29 is 17.9 Å². The maximum Gasteiger partial charge on any atom is 0.243 e. The van der Waals surface area contributed by atoms with E-state index < -0.39 is 10.0 Å². The SMILES string of the molecule is CC(=O)Nc1ccc(OC[C@@H]2CCCN(C)[C@@H]2C)cc1N1CC(C)N(S(=O)(=O)c2cccc(C#N)c2)C(C)C1. The summed E-state index contributed by atoms with van der Waals surface area (Å²) in [6, 6.07) is 13.6. The van der Waals surface area contributed by atoms with Gasteiger partial charge in [-0.2, -0.15) is 9.57 Å². The van der Waals surface area contributed by atoms with Gasteiger partial charge in [-0.05, 0) is 77.5 Å². The van der Waals surface area contributed by atoms with Gasteiger partial charge in [0, 0.05) is 50.1 Å². The van der Waals surface area contributed by atoms with Crippen LogP contribution in [0.2, 0.25) is 0 Å². The number of anilines is 2. The van der Waals surface area contributed by atoms with Crippen molar-refractivity contribution in [2.45, 2.75) is 63.6 Å². The molecule has 10 heteroatoms. The summed E-state index contributed by atoms with van der Waals surface area (Å²) in [6.07, 6.45) is 2.29. The third-order valence-electron chi connectivity index (χ3n) is 7.92. The first kappa shape index (κ1) is 28.9. The predicted octanol–water partition coefficient (Wildman–Crippen LogP) is 3.91. The first-order valence-corrected chi connectivity index (χ1v) is 15.0. The summed E-state index contributed by atoms with van der Waals surface area (Å²) >= 11 is 0. The van der Waals surface area contributed by atoms with Crippen LogP contribution in [0.25, 0.3) is 0 Å². The quantitative estimate of drug-likeness (QED) is 0.554. The zero-order valence-corrected chi connectivity index (χ0v) is 24.2. The van der Waals surface area contributed by atoms with E-state index in [9.17, 15) is 18.5 Å². The summed E-state index contributed by atoms with van der Waals surface area (Å²) in [7, 11) is -1.66. The van der Waals surface area contributed by atoms with Gasteiger partial charge in [0.2, 0.25) is 15.9 Å². The third kappa shape index (κ3) is 6.38. The molecule has 210 valence electrons. The number of piperazine rings is 1. The standard InChI is InChI=1S/C29H39N5O4S/c1-20-17-33(18-21(2)34(20)39(36,37)27-10-6-8-24(14-27)16-30)29-15-26(11-12-28(29)31-23(4)35)38-19-25-9-7-13-32(5)22(25)3/h6,8,10-12,14-15,20-22,25H,7,9,13,17-19H2,1-5H3,(H,31,35)/t20?,21?,22-,25+/m1/s1. The zero-order valence-electron chi connectivity index (χ0n) is 23.4. The Morgan fingerprint density at radius 2 is 1.85 bits per heavy atom. The Bertz CT molecular complexity index is 1330. The molecule has 2 fully saturated rings. The van der Waals surface area contributed by atoms with E-state index in [0.717, 1.165) is 30.8 Å². The molecule has 0 aliphatic carbocycles. The van der Waals surface area contributed by atoms with Crippen molar-refractivity contribution in [2.75, 3.05) is 43.5 Å². The second-order valence-electron chi connectivity index (χ2n) is 10.9. The first-order chi connectivity index (χ1) is 18.5. The Morgan fingerprint density at radius 3 is 2.51 bits per heavy atom. The fourth-order valence-corrected chi connectivity index (χ4v) is 7.67. The first-order valence-electron chi connectivity index (χ1n) is 13.5. The highest BCUT2D eigenvalue weighted by Crippen LogP contribution is 2.35. The highest BCUT2D eigenvalue weighted by Gasteiger charge is 2.39. The number of hydrogen-bond acceptors (Lipinski definition) is 7. The molecule has 1 amide bonds. The molecule has 0 radical (unpaired) electrons. The molecule has 2 aromatic rings. The van der Waals surface area contributed by atoms with Crippen molar-refractivity contribution in [3.63, 3.8) is 0 Å². The van der Waals surface area contributed by atoms with Crippen molar-refractivity contribution in [2.24, 2.45) is 5.92 Å². The molecule has 4 atom stereocenters. The van der Waals surface area contributed by atoms with Gasteiger partial charge in [-0.25, -0.2) is 8.42 Å². The molecule has 0 aromatic heterocycles. The van der Waals surface area contributed by atoms with Crippen LogP contribution < -0.4 is 15.0 Å². The Hall–Kier alpha value is -3.13. The topological polar surface area (TPSA) is 106 Å². The number of benzene rings is 2. The number of nitrogens with one attached hydrogen (secondary N) is 1. The number of ether oxygens (including phenoxy) is 1. The van der Waals surface area contributed by atoms with Gasteiger partial charge in [0.05, 0.1) is 34.5 Å². The molecular weight excluding hydrogens is 514 g/mol. The van der Waals surface area contributed by atoms with Crippen molar-refractivity contribution >= 4 is 27.3 Å². The molecule has 2 heterocycles. The fourth-order valence-electron chi connectivity index (χ4n) is 5.82. The number of carbonyl (C=O) groups is 1. The maximum atomic E-state index is 13.6. The van der Waals surface area contributed by atoms with Crippen LogP contribution in [0.15, 0.2) is 47.4 Å². The molecule has 0 spiro atoms. The van der Waals surface area contributed by atoms with Crippen LogP contribution in [-0.2, 0) is 14.8 Å². The lowest BCUT2D eigenvalue weighted by Crippen LogP contribution is -2.58. The molecule has 9 nitrogen and oxygen atoms in total. The molecule has 2 saturated heterocycles. The summed E-state index contributed by atoms with van der Waals surface area (Å²) in [6.45, 7) is 10.1. The Labute approximate surface area is 232 Å². The minimum atomic E-state index is -3.81. The summed E-state index contributed by atoms with van der Waals surface area (Å²) < 4.78 is 35.0. The maximum absolute atomic E-state index is 13.6. The van der Waals surface area contributed by atoms with Gasteiger partial charge in [0.15, 0.2) is 0 Å². The molecule has 2 aliphatic rings.